The van der Waals surface area contributed by atoms with Crippen LogP contribution in [-0.2, 0) is 19.6 Å². The molecule has 3 rings (SSSR count). The number of hydrogen-bond acceptors (Lipinski definition) is 5. The lowest BCUT2D eigenvalue weighted by Gasteiger charge is -2.21. The molecule has 0 bridgehead atoms. The molecule has 0 aliphatic carbocycles. The van der Waals surface area contributed by atoms with Gasteiger partial charge in [-0.1, -0.05) is 32.0 Å². The number of carbonyl (C=O) groups is 2. The van der Waals surface area contributed by atoms with Crippen LogP contribution in [0.4, 0.5) is 5.69 Å². The lowest BCUT2D eigenvalue weighted by Crippen LogP contribution is -2.33. The van der Waals surface area contributed by atoms with E-state index in [1.54, 1.807) is 36.9 Å². The maximum Gasteiger partial charge on any atom is 0.243 e. The molecule has 0 spiro atoms. The first-order valence-corrected chi connectivity index (χ1v) is 12.6. The molecule has 1 unspecified atom stereocenters. The second-order valence-corrected chi connectivity index (χ2v) is 10.1. The van der Waals surface area contributed by atoms with Gasteiger partial charge in [-0.05, 0) is 44.2 Å². The van der Waals surface area contributed by atoms with Gasteiger partial charge in [-0.3, -0.25) is 9.59 Å². The summed E-state index contributed by atoms with van der Waals surface area (Å²) >= 11 is 0. The third kappa shape index (κ3) is 5.54. The van der Waals surface area contributed by atoms with Gasteiger partial charge in [0.05, 0.1) is 16.5 Å². The highest BCUT2D eigenvalue weighted by Gasteiger charge is 2.36. The van der Waals surface area contributed by atoms with Crippen LogP contribution in [0, 0.1) is 5.92 Å². The minimum atomic E-state index is -3.73. The van der Waals surface area contributed by atoms with Gasteiger partial charge in [0.2, 0.25) is 21.8 Å². The second-order valence-electron chi connectivity index (χ2n) is 8.19. The number of benzene rings is 2. The summed E-state index contributed by atoms with van der Waals surface area (Å²) in [5.41, 5.74) is 0.243. The molecular weight excluding hydrogens is 442 g/mol. The minimum absolute atomic E-state index is 0.00909. The average molecular weight is 474 g/mol. The fraction of sp³-hybridized carbons (Fsp3) is 0.417. The van der Waals surface area contributed by atoms with Crippen LogP contribution in [0.25, 0.3) is 0 Å². The molecule has 0 saturated carbocycles. The van der Waals surface area contributed by atoms with Crippen molar-refractivity contribution in [2.45, 2.75) is 45.1 Å². The summed E-state index contributed by atoms with van der Waals surface area (Å²) in [6.45, 7) is 8.35. The Hall–Kier alpha value is -2.91. The molecule has 1 aliphatic rings. The van der Waals surface area contributed by atoms with Crippen LogP contribution in [0.2, 0.25) is 0 Å². The Labute approximate surface area is 195 Å². The number of sulfonamides is 1. The smallest absolute Gasteiger partial charge is 0.243 e. The number of rotatable bonds is 9. The number of hydrogen-bond donors (Lipinski definition) is 1. The number of anilines is 1. The third-order valence-corrected chi connectivity index (χ3v) is 7.72. The van der Waals surface area contributed by atoms with E-state index in [2.05, 4.69) is 5.32 Å². The number of carbonyl (C=O) groups excluding carboxylic acids is 2. The zero-order valence-corrected chi connectivity index (χ0v) is 20.3. The molecule has 1 saturated heterocycles. The summed E-state index contributed by atoms with van der Waals surface area (Å²) < 4.78 is 33.4. The van der Waals surface area contributed by atoms with Crippen molar-refractivity contribution in [3.63, 3.8) is 0 Å². The third-order valence-electron chi connectivity index (χ3n) is 5.68. The molecule has 2 amide bonds. The van der Waals surface area contributed by atoms with Crippen LogP contribution in [0.1, 0.15) is 34.1 Å². The molecule has 9 heteroatoms. The predicted octanol–water partition coefficient (Wildman–Crippen LogP) is 3.70. The Morgan fingerprint density at radius 3 is 2.39 bits per heavy atom. The van der Waals surface area contributed by atoms with Gasteiger partial charge in [0.15, 0.2) is 5.75 Å². The lowest BCUT2D eigenvalue weighted by atomic mass is 10.1. The van der Waals surface area contributed by atoms with Crippen molar-refractivity contribution in [3.8, 4) is 11.5 Å². The molecule has 178 valence electrons. The highest BCUT2D eigenvalue weighted by molar-refractivity contribution is 7.89. The van der Waals surface area contributed by atoms with E-state index in [1.165, 1.54) is 16.4 Å². The maximum atomic E-state index is 13.0. The number of nitrogens with zero attached hydrogens (tertiary/aromatic N) is 2. The molecule has 2 aromatic rings. The highest BCUT2D eigenvalue weighted by atomic mass is 32.2. The number of nitrogens with one attached hydrogen (secondary N) is 1. The van der Waals surface area contributed by atoms with E-state index in [4.69, 9.17) is 4.74 Å². The molecule has 2 aromatic carbocycles. The van der Waals surface area contributed by atoms with Crippen molar-refractivity contribution < 1.29 is 22.7 Å². The fourth-order valence-corrected chi connectivity index (χ4v) is 5.31. The summed E-state index contributed by atoms with van der Waals surface area (Å²) in [5, 5.41) is 2.81. The van der Waals surface area contributed by atoms with Crippen LogP contribution in [0.5, 0.6) is 11.5 Å². The summed E-state index contributed by atoms with van der Waals surface area (Å²) in [7, 11) is -3.73. The molecule has 33 heavy (non-hydrogen) atoms. The molecular formula is C24H31N3O5S. The number of para-hydroxylation sites is 1. The predicted molar refractivity (Wildman–Crippen MR) is 127 cm³/mol. The van der Waals surface area contributed by atoms with Crippen molar-refractivity contribution >= 4 is 27.5 Å². The van der Waals surface area contributed by atoms with Crippen molar-refractivity contribution in [2.24, 2.45) is 5.92 Å². The molecule has 1 N–H and O–H groups in total. The van der Waals surface area contributed by atoms with Crippen LogP contribution < -0.4 is 10.1 Å². The number of ether oxygens (including phenoxy) is 1. The molecule has 1 fully saturated rings. The van der Waals surface area contributed by atoms with Crippen molar-refractivity contribution in [3.05, 3.63) is 48.5 Å². The molecule has 0 radical (unpaired) electrons. The van der Waals surface area contributed by atoms with E-state index in [0.717, 1.165) is 0 Å². The summed E-state index contributed by atoms with van der Waals surface area (Å²) in [6, 6.07) is 13.5. The van der Waals surface area contributed by atoms with E-state index in [9.17, 15) is 18.0 Å². The molecule has 1 aliphatic heterocycles. The maximum absolute atomic E-state index is 13.0. The van der Waals surface area contributed by atoms with Crippen LogP contribution in [0.3, 0.4) is 0 Å². The first-order valence-electron chi connectivity index (χ1n) is 11.1. The standard InChI is InChI=1S/C24H31N3O5S/c1-5-26(6-2)33(30,31)20-12-13-22(32-19-10-8-7-9-11-19)21(15-20)25-24(29)18-14-23(28)27(16-18)17(3)4/h7-13,15,17-18H,5-6,14,16H2,1-4H3,(H,25,29). The number of amides is 2. The normalized spacial score (nSPS) is 16.5. The summed E-state index contributed by atoms with van der Waals surface area (Å²) in [4.78, 5) is 27.0. The van der Waals surface area contributed by atoms with Crippen LogP contribution in [-0.4, -0.2) is 55.1 Å². The zero-order chi connectivity index (χ0) is 24.2. The fourth-order valence-electron chi connectivity index (χ4n) is 3.83. The first-order chi connectivity index (χ1) is 15.7. The lowest BCUT2D eigenvalue weighted by molar-refractivity contribution is -0.129. The minimum Gasteiger partial charge on any atom is -0.455 e. The topological polar surface area (TPSA) is 96.0 Å². The molecule has 1 heterocycles. The van der Waals surface area contributed by atoms with Gasteiger partial charge >= 0.3 is 0 Å². The Morgan fingerprint density at radius 1 is 1.15 bits per heavy atom. The number of likely N-dealkylation sites (tertiary alicyclic amines) is 1. The molecule has 1 atom stereocenters. The quantitative estimate of drug-likeness (QED) is 0.599. The van der Waals surface area contributed by atoms with E-state index in [1.807, 2.05) is 32.0 Å². The van der Waals surface area contributed by atoms with Crippen LogP contribution >= 0.6 is 0 Å². The molecule has 0 aromatic heterocycles. The monoisotopic (exact) mass is 473 g/mol. The SMILES string of the molecule is CCN(CC)S(=O)(=O)c1ccc(Oc2ccccc2)c(NC(=O)C2CC(=O)N(C(C)C)C2)c1. The van der Waals surface area contributed by atoms with Crippen LogP contribution in [0.15, 0.2) is 53.4 Å². The largest absolute Gasteiger partial charge is 0.455 e. The Bertz CT molecular complexity index is 1100. The summed E-state index contributed by atoms with van der Waals surface area (Å²) in [5.74, 6) is -0.0643. The van der Waals surface area contributed by atoms with E-state index in [-0.39, 0.29) is 34.9 Å². The van der Waals surface area contributed by atoms with E-state index >= 15 is 0 Å². The first kappa shape index (κ1) is 24.7. The van der Waals surface area contributed by atoms with E-state index < -0.39 is 15.9 Å². The van der Waals surface area contributed by atoms with Crippen molar-refractivity contribution in [1.29, 1.82) is 0 Å². The average Bonchev–Trinajstić information content (AvgIpc) is 3.18. The van der Waals surface area contributed by atoms with Gasteiger partial charge in [0, 0.05) is 32.1 Å². The van der Waals surface area contributed by atoms with Gasteiger partial charge < -0.3 is 15.0 Å². The summed E-state index contributed by atoms with van der Waals surface area (Å²) in [6.07, 6.45) is 0.121. The van der Waals surface area contributed by atoms with Gasteiger partial charge in [0.25, 0.3) is 0 Å². The van der Waals surface area contributed by atoms with Gasteiger partial charge in [0.1, 0.15) is 5.75 Å². The zero-order valence-electron chi connectivity index (χ0n) is 19.4. The molecule has 8 nitrogen and oxygen atoms in total. The van der Waals surface area contributed by atoms with Gasteiger partial charge in [-0.25, -0.2) is 8.42 Å². The highest BCUT2D eigenvalue weighted by Crippen LogP contribution is 2.34. The van der Waals surface area contributed by atoms with Crippen molar-refractivity contribution in [1.82, 2.24) is 9.21 Å². The Kier molecular flexibility index (Phi) is 7.76. The van der Waals surface area contributed by atoms with Gasteiger partial charge in [-0.15, -0.1) is 0 Å². The Balaban J connectivity index is 1.94. The van der Waals surface area contributed by atoms with Gasteiger partial charge in [-0.2, -0.15) is 4.31 Å². The second kappa shape index (κ2) is 10.4. The Morgan fingerprint density at radius 2 is 1.82 bits per heavy atom. The van der Waals surface area contributed by atoms with Crippen molar-refractivity contribution in [2.75, 3.05) is 25.0 Å². The van der Waals surface area contributed by atoms with E-state index in [0.29, 0.717) is 31.1 Å².